The molecule has 0 unspecified atom stereocenters. The Kier molecular flexibility index (Phi) is 5.31. The SMILES string of the molecule is C=C(Br)CONC(=O)C(=O)OC. The minimum absolute atomic E-state index is 0.0860. The van der Waals surface area contributed by atoms with E-state index in [1.165, 1.54) is 0 Å². The molecule has 0 fully saturated rings. The normalized spacial score (nSPS) is 8.83. The summed E-state index contributed by atoms with van der Waals surface area (Å²) in [4.78, 5) is 25.6. The number of esters is 1. The second-order valence-corrected chi connectivity index (χ2v) is 2.85. The first kappa shape index (κ1) is 11.1. The lowest BCUT2D eigenvalue weighted by Gasteiger charge is -2.02. The summed E-state index contributed by atoms with van der Waals surface area (Å²) in [5, 5.41) is 0. The number of carbonyl (C=O) groups excluding carboxylic acids is 2. The van der Waals surface area contributed by atoms with Gasteiger partial charge in [0.05, 0.1) is 7.11 Å². The number of hydroxylamine groups is 1. The molecule has 5 nitrogen and oxygen atoms in total. The van der Waals surface area contributed by atoms with Gasteiger partial charge in [0.2, 0.25) is 0 Å². The Morgan fingerprint density at radius 3 is 2.58 bits per heavy atom. The van der Waals surface area contributed by atoms with Gasteiger partial charge in [-0.3, -0.25) is 9.63 Å². The molecule has 12 heavy (non-hydrogen) atoms. The van der Waals surface area contributed by atoms with Crippen LogP contribution >= 0.6 is 15.9 Å². The predicted molar refractivity (Wildman–Crippen MR) is 44.2 cm³/mol. The van der Waals surface area contributed by atoms with Crippen molar-refractivity contribution in [3.8, 4) is 0 Å². The Labute approximate surface area is 77.8 Å². The summed E-state index contributed by atoms with van der Waals surface area (Å²) in [6, 6.07) is 0. The summed E-state index contributed by atoms with van der Waals surface area (Å²) in [6.45, 7) is 3.53. The number of ether oxygens (including phenoxy) is 1. The van der Waals surface area contributed by atoms with E-state index in [4.69, 9.17) is 0 Å². The first-order valence-electron chi connectivity index (χ1n) is 2.91. The number of carbonyl (C=O) groups is 2. The van der Waals surface area contributed by atoms with Crippen molar-refractivity contribution >= 4 is 27.8 Å². The number of amides is 1. The molecule has 0 radical (unpaired) electrons. The molecule has 0 saturated heterocycles. The van der Waals surface area contributed by atoms with E-state index in [1.54, 1.807) is 0 Å². The topological polar surface area (TPSA) is 64.6 Å². The Balaban J connectivity index is 3.58. The monoisotopic (exact) mass is 237 g/mol. The van der Waals surface area contributed by atoms with Gasteiger partial charge in [0, 0.05) is 4.48 Å². The maximum absolute atomic E-state index is 10.6. The molecule has 0 aliphatic heterocycles. The van der Waals surface area contributed by atoms with Crippen molar-refractivity contribution in [2.24, 2.45) is 0 Å². The molecule has 0 rings (SSSR count). The molecule has 0 aliphatic rings. The van der Waals surface area contributed by atoms with Crippen LogP contribution in [0.15, 0.2) is 11.1 Å². The van der Waals surface area contributed by atoms with E-state index in [0.29, 0.717) is 4.48 Å². The van der Waals surface area contributed by atoms with Crippen molar-refractivity contribution in [1.82, 2.24) is 5.48 Å². The summed E-state index contributed by atoms with van der Waals surface area (Å²) < 4.78 is 4.65. The number of methoxy groups -OCH3 is 1. The summed E-state index contributed by atoms with van der Waals surface area (Å²) in [5.41, 5.74) is 1.86. The van der Waals surface area contributed by atoms with Crippen molar-refractivity contribution < 1.29 is 19.2 Å². The lowest BCUT2D eigenvalue weighted by Crippen LogP contribution is -2.32. The van der Waals surface area contributed by atoms with Gasteiger partial charge in [-0.05, 0) is 0 Å². The molecular weight excluding hydrogens is 230 g/mol. The van der Waals surface area contributed by atoms with Crippen LogP contribution in [0.2, 0.25) is 0 Å². The maximum atomic E-state index is 10.6. The van der Waals surface area contributed by atoms with Crippen molar-refractivity contribution in [1.29, 1.82) is 0 Å². The van der Waals surface area contributed by atoms with Gasteiger partial charge in [-0.1, -0.05) is 22.5 Å². The van der Waals surface area contributed by atoms with Crippen LogP contribution in [0, 0.1) is 0 Å². The molecule has 0 aromatic rings. The van der Waals surface area contributed by atoms with Gasteiger partial charge < -0.3 is 4.74 Å². The minimum atomic E-state index is -1.00. The van der Waals surface area contributed by atoms with Crippen LogP contribution in [0.25, 0.3) is 0 Å². The molecule has 0 spiro atoms. The highest BCUT2D eigenvalue weighted by Gasteiger charge is 2.12. The summed E-state index contributed by atoms with van der Waals surface area (Å²) in [6.07, 6.45) is 0. The maximum Gasteiger partial charge on any atom is 0.398 e. The molecule has 1 amide bonds. The highest BCUT2D eigenvalue weighted by Crippen LogP contribution is 1.98. The summed E-state index contributed by atoms with van der Waals surface area (Å²) in [7, 11) is 1.10. The quantitative estimate of drug-likeness (QED) is 0.430. The van der Waals surface area contributed by atoms with Crippen LogP contribution in [0.1, 0.15) is 0 Å². The largest absolute Gasteiger partial charge is 0.462 e. The first-order valence-corrected chi connectivity index (χ1v) is 3.70. The van der Waals surface area contributed by atoms with E-state index in [0.717, 1.165) is 7.11 Å². The van der Waals surface area contributed by atoms with E-state index in [2.05, 4.69) is 32.1 Å². The lowest BCUT2D eigenvalue weighted by atomic mass is 10.6. The molecule has 6 heteroatoms. The fourth-order valence-corrected chi connectivity index (χ4v) is 0.429. The van der Waals surface area contributed by atoms with E-state index in [9.17, 15) is 9.59 Å². The number of nitrogens with one attached hydrogen (secondary N) is 1. The zero-order valence-electron chi connectivity index (χ0n) is 6.43. The van der Waals surface area contributed by atoms with Crippen molar-refractivity contribution in [2.75, 3.05) is 13.7 Å². The van der Waals surface area contributed by atoms with Crippen LogP contribution < -0.4 is 5.48 Å². The summed E-state index contributed by atoms with van der Waals surface area (Å²) in [5.74, 6) is -1.96. The molecule has 0 heterocycles. The third-order valence-corrected chi connectivity index (χ3v) is 0.993. The van der Waals surface area contributed by atoms with Crippen LogP contribution in [0.4, 0.5) is 0 Å². The Morgan fingerprint density at radius 2 is 2.17 bits per heavy atom. The molecule has 0 saturated carbocycles. The van der Waals surface area contributed by atoms with Gasteiger partial charge >= 0.3 is 11.9 Å². The average molecular weight is 238 g/mol. The van der Waals surface area contributed by atoms with Crippen LogP contribution in [0.5, 0.6) is 0 Å². The van der Waals surface area contributed by atoms with Gasteiger partial charge in [0.15, 0.2) is 0 Å². The molecular formula is C6H8BrNO4. The Hall–Kier alpha value is -0.880. The molecule has 68 valence electrons. The van der Waals surface area contributed by atoms with E-state index >= 15 is 0 Å². The molecule has 1 N–H and O–H groups in total. The minimum Gasteiger partial charge on any atom is -0.462 e. The second kappa shape index (κ2) is 5.73. The molecule has 0 bridgehead atoms. The summed E-state index contributed by atoms with van der Waals surface area (Å²) >= 11 is 2.99. The third kappa shape index (κ3) is 4.86. The highest BCUT2D eigenvalue weighted by atomic mass is 79.9. The van der Waals surface area contributed by atoms with Crippen LogP contribution in [-0.2, 0) is 19.2 Å². The fourth-order valence-electron chi connectivity index (χ4n) is 0.314. The standard InChI is InChI=1S/C6H8BrNO4/c1-4(7)3-12-8-5(9)6(10)11-2/h1,3H2,2H3,(H,8,9). The number of halogens is 1. The van der Waals surface area contributed by atoms with Crippen molar-refractivity contribution in [3.63, 3.8) is 0 Å². The molecule has 0 aromatic carbocycles. The van der Waals surface area contributed by atoms with Gasteiger partial charge in [0.1, 0.15) is 6.61 Å². The first-order chi connectivity index (χ1) is 5.57. The van der Waals surface area contributed by atoms with Gasteiger partial charge in [0.25, 0.3) is 0 Å². The fraction of sp³-hybridized carbons (Fsp3) is 0.333. The number of hydrogen-bond donors (Lipinski definition) is 1. The Bertz CT molecular complexity index is 204. The van der Waals surface area contributed by atoms with Crippen LogP contribution in [0.3, 0.4) is 0 Å². The molecule has 0 aromatic heterocycles. The van der Waals surface area contributed by atoms with Gasteiger partial charge in [-0.15, -0.1) is 0 Å². The smallest absolute Gasteiger partial charge is 0.398 e. The average Bonchev–Trinajstić information content (AvgIpc) is 2.02. The third-order valence-electron chi connectivity index (χ3n) is 0.764. The Morgan fingerprint density at radius 1 is 1.58 bits per heavy atom. The van der Waals surface area contributed by atoms with Crippen molar-refractivity contribution in [3.05, 3.63) is 11.1 Å². The van der Waals surface area contributed by atoms with E-state index in [1.807, 2.05) is 5.48 Å². The van der Waals surface area contributed by atoms with Gasteiger partial charge in [-0.2, -0.15) is 0 Å². The van der Waals surface area contributed by atoms with E-state index < -0.39 is 11.9 Å². The zero-order chi connectivity index (χ0) is 9.56. The zero-order valence-corrected chi connectivity index (χ0v) is 8.01. The van der Waals surface area contributed by atoms with E-state index in [-0.39, 0.29) is 6.61 Å². The number of hydrogen-bond acceptors (Lipinski definition) is 4. The van der Waals surface area contributed by atoms with Crippen molar-refractivity contribution in [2.45, 2.75) is 0 Å². The highest BCUT2D eigenvalue weighted by molar-refractivity contribution is 9.11. The van der Waals surface area contributed by atoms with Gasteiger partial charge in [-0.25, -0.2) is 10.3 Å². The molecule has 0 atom stereocenters. The second-order valence-electron chi connectivity index (χ2n) is 1.73. The number of rotatable bonds is 3. The lowest BCUT2D eigenvalue weighted by molar-refractivity contribution is -0.158. The van der Waals surface area contributed by atoms with Crippen LogP contribution in [-0.4, -0.2) is 25.6 Å². The molecule has 0 aliphatic carbocycles. The predicted octanol–water partition coefficient (Wildman–Crippen LogP) is 0.116.